The fourth-order valence-corrected chi connectivity index (χ4v) is 3.34. The molecule has 0 saturated heterocycles. The fraction of sp³-hybridized carbons (Fsp3) is 0.933. The maximum atomic E-state index is 9.41. The standard InChI is InChI=1S/C15H29N3/c1-5-18(13(2)12-17(3)4)15-10-8-6-7-9-14(15)11-16/h13-15H,5-10,12H2,1-4H3. The number of nitriles is 1. The van der Waals surface area contributed by atoms with Crippen molar-refractivity contribution >= 4 is 0 Å². The van der Waals surface area contributed by atoms with Crippen LogP contribution in [0.15, 0.2) is 0 Å². The molecule has 18 heavy (non-hydrogen) atoms. The molecule has 0 bridgehead atoms. The summed E-state index contributed by atoms with van der Waals surface area (Å²) in [5.41, 5.74) is 0. The molecule has 3 nitrogen and oxygen atoms in total. The second-order valence-corrected chi connectivity index (χ2v) is 5.88. The van der Waals surface area contributed by atoms with Crippen molar-refractivity contribution in [3.05, 3.63) is 0 Å². The average molecular weight is 251 g/mol. The summed E-state index contributed by atoms with van der Waals surface area (Å²) in [6, 6.07) is 3.56. The predicted molar refractivity (Wildman–Crippen MR) is 76.4 cm³/mol. The van der Waals surface area contributed by atoms with Gasteiger partial charge in [0, 0.05) is 18.6 Å². The van der Waals surface area contributed by atoms with Gasteiger partial charge in [0.05, 0.1) is 12.0 Å². The molecule has 0 aromatic carbocycles. The molecule has 1 aliphatic carbocycles. The summed E-state index contributed by atoms with van der Waals surface area (Å²) in [6.45, 7) is 6.65. The first kappa shape index (κ1) is 15.5. The van der Waals surface area contributed by atoms with Crippen molar-refractivity contribution in [2.75, 3.05) is 27.2 Å². The minimum atomic E-state index is 0.233. The van der Waals surface area contributed by atoms with Crippen LogP contribution in [0.3, 0.4) is 0 Å². The van der Waals surface area contributed by atoms with Crippen molar-refractivity contribution in [1.29, 1.82) is 5.26 Å². The van der Waals surface area contributed by atoms with Gasteiger partial charge in [0.1, 0.15) is 0 Å². The summed E-state index contributed by atoms with van der Waals surface area (Å²) >= 11 is 0. The van der Waals surface area contributed by atoms with E-state index in [1.807, 2.05) is 0 Å². The van der Waals surface area contributed by atoms with Crippen molar-refractivity contribution < 1.29 is 0 Å². The molecule has 3 atom stereocenters. The molecular formula is C15H29N3. The molecule has 0 spiro atoms. The molecular weight excluding hydrogens is 222 g/mol. The lowest BCUT2D eigenvalue weighted by molar-refractivity contribution is 0.0987. The van der Waals surface area contributed by atoms with Gasteiger partial charge in [-0.1, -0.05) is 26.2 Å². The number of likely N-dealkylation sites (N-methyl/N-ethyl adjacent to an activating group) is 2. The van der Waals surface area contributed by atoms with Gasteiger partial charge in [-0.3, -0.25) is 4.90 Å². The third kappa shape index (κ3) is 4.26. The van der Waals surface area contributed by atoms with Gasteiger partial charge in [-0.25, -0.2) is 0 Å². The molecule has 3 unspecified atom stereocenters. The summed E-state index contributed by atoms with van der Waals surface area (Å²) in [4.78, 5) is 4.80. The predicted octanol–water partition coefficient (Wildman–Crippen LogP) is 2.73. The van der Waals surface area contributed by atoms with Crippen LogP contribution in [0, 0.1) is 17.2 Å². The lowest BCUT2D eigenvalue weighted by Gasteiger charge is -2.38. The van der Waals surface area contributed by atoms with E-state index in [9.17, 15) is 5.26 Å². The second-order valence-electron chi connectivity index (χ2n) is 5.88. The van der Waals surface area contributed by atoms with Gasteiger partial charge in [0.15, 0.2) is 0 Å². The zero-order valence-corrected chi connectivity index (χ0v) is 12.5. The highest BCUT2D eigenvalue weighted by Gasteiger charge is 2.30. The number of rotatable bonds is 5. The normalized spacial score (nSPS) is 26.9. The van der Waals surface area contributed by atoms with Crippen LogP contribution in [0.5, 0.6) is 0 Å². The van der Waals surface area contributed by atoms with Crippen LogP contribution in [0.2, 0.25) is 0 Å². The number of hydrogen-bond donors (Lipinski definition) is 0. The minimum Gasteiger partial charge on any atom is -0.308 e. The summed E-state index contributed by atoms with van der Waals surface area (Å²) in [5.74, 6) is 0.233. The van der Waals surface area contributed by atoms with Crippen LogP contribution in [0.25, 0.3) is 0 Å². The molecule has 1 rings (SSSR count). The Kier molecular flexibility index (Phi) is 6.67. The van der Waals surface area contributed by atoms with E-state index in [2.05, 4.69) is 43.8 Å². The van der Waals surface area contributed by atoms with Crippen LogP contribution in [-0.2, 0) is 0 Å². The smallest absolute Gasteiger partial charge is 0.0672 e. The van der Waals surface area contributed by atoms with Gasteiger partial charge < -0.3 is 4.90 Å². The molecule has 0 aromatic heterocycles. The molecule has 0 aromatic rings. The van der Waals surface area contributed by atoms with Crippen LogP contribution >= 0.6 is 0 Å². The first-order chi connectivity index (χ1) is 8.60. The molecule has 1 fully saturated rings. The second kappa shape index (κ2) is 7.76. The number of hydrogen-bond acceptors (Lipinski definition) is 3. The minimum absolute atomic E-state index is 0.233. The first-order valence-electron chi connectivity index (χ1n) is 7.40. The average Bonchev–Trinajstić information content (AvgIpc) is 2.54. The van der Waals surface area contributed by atoms with Gasteiger partial charge in [-0.2, -0.15) is 5.26 Å². The zero-order chi connectivity index (χ0) is 13.5. The highest BCUT2D eigenvalue weighted by molar-refractivity contribution is 4.95. The van der Waals surface area contributed by atoms with E-state index in [1.54, 1.807) is 0 Å². The summed E-state index contributed by atoms with van der Waals surface area (Å²) in [6.07, 6.45) is 6.10. The Morgan fingerprint density at radius 3 is 2.44 bits per heavy atom. The Balaban J connectivity index is 2.74. The van der Waals surface area contributed by atoms with Gasteiger partial charge in [-0.05, 0) is 40.4 Å². The van der Waals surface area contributed by atoms with E-state index in [0.717, 1.165) is 19.5 Å². The molecule has 0 amide bonds. The molecule has 0 aliphatic heterocycles. The van der Waals surface area contributed by atoms with E-state index in [1.165, 1.54) is 25.7 Å². The van der Waals surface area contributed by atoms with Crippen molar-refractivity contribution in [3.8, 4) is 6.07 Å². The molecule has 1 saturated carbocycles. The fourth-order valence-electron chi connectivity index (χ4n) is 3.34. The summed E-state index contributed by atoms with van der Waals surface area (Å²) < 4.78 is 0. The summed E-state index contributed by atoms with van der Waals surface area (Å²) in [7, 11) is 4.25. The summed E-state index contributed by atoms with van der Waals surface area (Å²) in [5, 5.41) is 9.41. The molecule has 0 radical (unpaired) electrons. The zero-order valence-electron chi connectivity index (χ0n) is 12.5. The van der Waals surface area contributed by atoms with Crippen LogP contribution < -0.4 is 0 Å². The third-order valence-electron chi connectivity index (χ3n) is 4.13. The Morgan fingerprint density at radius 1 is 1.22 bits per heavy atom. The number of nitrogens with zero attached hydrogens (tertiary/aromatic N) is 3. The van der Waals surface area contributed by atoms with Crippen LogP contribution in [0.4, 0.5) is 0 Å². The Bertz CT molecular complexity index is 269. The quantitative estimate of drug-likeness (QED) is 0.704. The maximum Gasteiger partial charge on any atom is 0.0672 e. The Morgan fingerprint density at radius 2 is 1.89 bits per heavy atom. The van der Waals surface area contributed by atoms with Crippen molar-refractivity contribution in [2.24, 2.45) is 5.92 Å². The highest BCUT2D eigenvalue weighted by Crippen LogP contribution is 2.28. The van der Waals surface area contributed by atoms with Crippen molar-refractivity contribution in [1.82, 2.24) is 9.80 Å². The Labute approximate surface area is 113 Å². The van der Waals surface area contributed by atoms with E-state index in [0.29, 0.717) is 12.1 Å². The lowest BCUT2D eigenvalue weighted by Crippen LogP contribution is -2.48. The third-order valence-corrected chi connectivity index (χ3v) is 4.13. The van der Waals surface area contributed by atoms with Gasteiger partial charge in [0.2, 0.25) is 0 Å². The van der Waals surface area contributed by atoms with Gasteiger partial charge in [-0.15, -0.1) is 0 Å². The van der Waals surface area contributed by atoms with Crippen molar-refractivity contribution in [3.63, 3.8) is 0 Å². The van der Waals surface area contributed by atoms with E-state index < -0.39 is 0 Å². The van der Waals surface area contributed by atoms with Crippen LogP contribution in [-0.4, -0.2) is 49.1 Å². The van der Waals surface area contributed by atoms with Gasteiger partial charge >= 0.3 is 0 Å². The van der Waals surface area contributed by atoms with E-state index in [-0.39, 0.29) is 5.92 Å². The van der Waals surface area contributed by atoms with E-state index in [4.69, 9.17) is 0 Å². The Hall–Kier alpha value is -0.590. The van der Waals surface area contributed by atoms with Gasteiger partial charge in [0.25, 0.3) is 0 Å². The highest BCUT2D eigenvalue weighted by atomic mass is 15.2. The molecule has 3 heteroatoms. The topological polar surface area (TPSA) is 30.3 Å². The largest absolute Gasteiger partial charge is 0.308 e. The lowest BCUT2D eigenvalue weighted by atomic mass is 9.93. The van der Waals surface area contributed by atoms with Crippen LogP contribution in [0.1, 0.15) is 46.0 Å². The monoisotopic (exact) mass is 251 g/mol. The first-order valence-corrected chi connectivity index (χ1v) is 7.40. The SMILES string of the molecule is CCN(C(C)CN(C)C)C1CCCCCC1C#N. The molecule has 0 N–H and O–H groups in total. The molecule has 1 aliphatic rings. The molecule has 0 heterocycles. The maximum absolute atomic E-state index is 9.41. The van der Waals surface area contributed by atoms with Crippen molar-refractivity contribution in [2.45, 2.75) is 58.0 Å². The van der Waals surface area contributed by atoms with E-state index >= 15 is 0 Å². The molecule has 104 valence electrons.